The molecule has 29 heavy (non-hydrogen) atoms. The summed E-state index contributed by atoms with van der Waals surface area (Å²) in [4.78, 5) is 13.8. The molecule has 0 bridgehead atoms. The summed E-state index contributed by atoms with van der Waals surface area (Å²) < 4.78 is 26.8. The van der Waals surface area contributed by atoms with Gasteiger partial charge in [-0.05, 0) is 31.5 Å². The molecule has 0 aliphatic carbocycles. The van der Waals surface area contributed by atoms with Crippen LogP contribution in [0.3, 0.4) is 0 Å². The number of ether oxygens (including phenoxy) is 2. The molecule has 5 nitrogen and oxygen atoms in total. The number of nitrogens with zero attached hydrogens (tertiary/aromatic N) is 3. The van der Waals surface area contributed by atoms with Crippen LogP contribution in [0.4, 0.5) is 4.39 Å². The predicted molar refractivity (Wildman–Crippen MR) is 113 cm³/mol. The van der Waals surface area contributed by atoms with E-state index < -0.39 is 0 Å². The molecule has 1 aliphatic rings. The zero-order valence-electron chi connectivity index (χ0n) is 16.8. The molecule has 2 aromatic heterocycles. The second-order valence-electron chi connectivity index (χ2n) is 8.00. The average molecular weight is 409 g/mol. The molecule has 1 aliphatic heterocycles. The monoisotopic (exact) mass is 409 g/mol. The molecule has 4 aromatic rings. The van der Waals surface area contributed by atoms with Gasteiger partial charge in [0.2, 0.25) is 5.88 Å². The van der Waals surface area contributed by atoms with Crippen molar-refractivity contribution in [2.75, 3.05) is 7.11 Å². The van der Waals surface area contributed by atoms with Crippen molar-refractivity contribution in [1.82, 2.24) is 15.0 Å². The summed E-state index contributed by atoms with van der Waals surface area (Å²) in [5.74, 6) is 0.454. The Hall–Kier alpha value is -2.80. The number of hydrogen-bond donors (Lipinski definition) is 0. The minimum Gasteiger partial charge on any atom is -0.486 e. The van der Waals surface area contributed by atoms with E-state index in [1.165, 1.54) is 6.07 Å². The molecule has 0 saturated heterocycles. The van der Waals surface area contributed by atoms with Gasteiger partial charge in [0.05, 0.1) is 34.6 Å². The summed E-state index contributed by atoms with van der Waals surface area (Å²) in [5, 5.41) is 0.788. The molecule has 0 spiro atoms. The first-order chi connectivity index (χ1) is 13.8. The molecule has 0 N–H and O–H groups in total. The lowest BCUT2D eigenvalue weighted by Gasteiger charge is -2.22. The van der Waals surface area contributed by atoms with Gasteiger partial charge in [0, 0.05) is 22.6 Å². The molecular formula is C22H20FN3O2S. The van der Waals surface area contributed by atoms with Crippen molar-refractivity contribution < 1.29 is 13.9 Å². The lowest BCUT2D eigenvalue weighted by atomic mass is 9.81. The van der Waals surface area contributed by atoms with Crippen LogP contribution in [0.25, 0.3) is 31.8 Å². The van der Waals surface area contributed by atoms with Crippen molar-refractivity contribution in [1.29, 1.82) is 0 Å². The van der Waals surface area contributed by atoms with E-state index in [2.05, 4.69) is 23.8 Å². The van der Waals surface area contributed by atoms with E-state index in [1.807, 2.05) is 26.0 Å². The highest BCUT2D eigenvalue weighted by Gasteiger charge is 2.42. The molecule has 0 fully saturated rings. The Morgan fingerprint density at radius 1 is 1.17 bits per heavy atom. The fourth-order valence-corrected chi connectivity index (χ4v) is 5.14. The fourth-order valence-electron chi connectivity index (χ4n) is 3.87. The van der Waals surface area contributed by atoms with Crippen LogP contribution in [0, 0.1) is 12.7 Å². The largest absolute Gasteiger partial charge is 0.486 e. The first kappa shape index (κ1) is 18.2. The Labute approximate surface area is 171 Å². The van der Waals surface area contributed by atoms with Crippen LogP contribution in [-0.4, -0.2) is 28.2 Å². The molecular weight excluding hydrogens is 389 g/mol. The van der Waals surface area contributed by atoms with Crippen molar-refractivity contribution in [3.63, 3.8) is 0 Å². The summed E-state index contributed by atoms with van der Waals surface area (Å²) in [7, 11) is 1.57. The van der Waals surface area contributed by atoms with Crippen molar-refractivity contribution in [2.45, 2.75) is 39.2 Å². The van der Waals surface area contributed by atoms with Gasteiger partial charge in [-0.15, -0.1) is 11.3 Å². The van der Waals surface area contributed by atoms with Crippen molar-refractivity contribution in [3.8, 4) is 22.2 Å². The van der Waals surface area contributed by atoms with Crippen LogP contribution >= 0.6 is 11.3 Å². The number of fused-ring (bicyclic) bond motifs is 4. The summed E-state index contributed by atoms with van der Waals surface area (Å²) >= 11 is 1.55. The lowest BCUT2D eigenvalue weighted by molar-refractivity contribution is 0.181. The number of halogens is 1. The number of benzene rings is 2. The summed E-state index contributed by atoms with van der Waals surface area (Å²) in [6.45, 7) is 8.15. The van der Waals surface area contributed by atoms with Gasteiger partial charge in [0.25, 0.3) is 0 Å². The molecule has 0 amide bonds. The zero-order chi connectivity index (χ0) is 20.5. The molecule has 0 unspecified atom stereocenters. The van der Waals surface area contributed by atoms with Gasteiger partial charge in [0.15, 0.2) is 11.6 Å². The number of aromatic nitrogens is 3. The van der Waals surface area contributed by atoms with E-state index in [1.54, 1.807) is 24.6 Å². The van der Waals surface area contributed by atoms with Crippen molar-refractivity contribution >= 4 is 32.6 Å². The van der Waals surface area contributed by atoms with E-state index in [9.17, 15) is 4.39 Å². The maximum absolute atomic E-state index is 14.8. The highest BCUT2D eigenvalue weighted by molar-refractivity contribution is 7.22. The van der Waals surface area contributed by atoms with Gasteiger partial charge in [-0.3, -0.25) is 0 Å². The minimum absolute atomic E-state index is 0.110. The van der Waals surface area contributed by atoms with Gasteiger partial charge >= 0.3 is 0 Å². The number of methoxy groups -OCH3 is 1. The van der Waals surface area contributed by atoms with Crippen LogP contribution in [0.15, 0.2) is 24.4 Å². The molecule has 1 atom stereocenters. The minimum atomic E-state index is -0.361. The Morgan fingerprint density at radius 2 is 1.97 bits per heavy atom. The van der Waals surface area contributed by atoms with E-state index >= 15 is 0 Å². The molecule has 5 rings (SSSR count). The average Bonchev–Trinajstić information content (AvgIpc) is 3.19. The maximum atomic E-state index is 14.8. The Kier molecular flexibility index (Phi) is 3.84. The Bertz CT molecular complexity index is 1300. The van der Waals surface area contributed by atoms with Crippen molar-refractivity contribution in [2.24, 2.45) is 0 Å². The molecule has 148 valence electrons. The van der Waals surface area contributed by atoms with E-state index in [0.717, 1.165) is 37.4 Å². The first-order valence-corrected chi connectivity index (χ1v) is 10.2. The third kappa shape index (κ3) is 2.60. The number of rotatable bonds is 2. The molecule has 0 saturated carbocycles. The standard InChI is InChI=1S/C22H20FN3O2S/c1-10-6-12(18-14(7-10)25-16(27-5)9-24-18)21-26-15-8-13(23)19-17(20(15)29-21)22(3,4)11(2)28-19/h6-9,11H,1-5H3/t11-/m0/s1. The van der Waals surface area contributed by atoms with Gasteiger partial charge in [-0.1, -0.05) is 13.8 Å². The number of thiazole rings is 1. The zero-order valence-corrected chi connectivity index (χ0v) is 17.6. The fraction of sp³-hybridized carbons (Fsp3) is 0.318. The highest BCUT2D eigenvalue weighted by Crippen LogP contribution is 2.50. The second-order valence-corrected chi connectivity index (χ2v) is 9.00. The van der Waals surface area contributed by atoms with Crippen LogP contribution in [0.2, 0.25) is 0 Å². The van der Waals surface area contributed by atoms with Crippen LogP contribution in [-0.2, 0) is 5.41 Å². The SMILES string of the molecule is COc1cnc2c(-c3nc4cc(F)c5c(c4s3)C(C)(C)[C@H](C)O5)cc(C)cc2n1. The summed E-state index contributed by atoms with van der Waals surface area (Å²) in [6, 6.07) is 5.48. The van der Waals surface area contributed by atoms with Crippen LogP contribution < -0.4 is 9.47 Å². The second kappa shape index (κ2) is 6.10. The number of aryl methyl sites for hydroxylation is 1. The molecule has 2 aromatic carbocycles. The maximum Gasteiger partial charge on any atom is 0.232 e. The molecule has 3 heterocycles. The third-order valence-electron chi connectivity index (χ3n) is 5.75. The first-order valence-electron chi connectivity index (χ1n) is 9.41. The number of hydrogen-bond acceptors (Lipinski definition) is 6. The van der Waals surface area contributed by atoms with Gasteiger partial charge < -0.3 is 9.47 Å². The Morgan fingerprint density at radius 3 is 2.72 bits per heavy atom. The van der Waals surface area contributed by atoms with Gasteiger partial charge in [-0.2, -0.15) is 0 Å². The predicted octanol–water partition coefficient (Wildman–Crippen LogP) is 5.42. The quantitative estimate of drug-likeness (QED) is 0.442. The third-order valence-corrected chi connectivity index (χ3v) is 6.87. The molecule has 7 heteroatoms. The Balaban J connectivity index is 1.79. The van der Waals surface area contributed by atoms with Crippen LogP contribution in [0.1, 0.15) is 31.9 Å². The van der Waals surface area contributed by atoms with Gasteiger partial charge in [-0.25, -0.2) is 19.3 Å². The van der Waals surface area contributed by atoms with E-state index in [-0.39, 0.29) is 17.3 Å². The lowest BCUT2D eigenvalue weighted by Crippen LogP contribution is -2.28. The van der Waals surface area contributed by atoms with Crippen molar-refractivity contribution in [3.05, 3.63) is 41.3 Å². The topological polar surface area (TPSA) is 57.1 Å². The molecule has 0 radical (unpaired) electrons. The van der Waals surface area contributed by atoms with Crippen LogP contribution in [0.5, 0.6) is 11.6 Å². The summed E-state index contributed by atoms with van der Waals surface area (Å²) in [5.41, 5.74) is 4.65. The highest BCUT2D eigenvalue weighted by atomic mass is 32.1. The van der Waals surface area contributed by atoms with Gasteiger partial charge in [0.1, 0.15) is 11.1 Å². The summed E-state index contributed by atoms with van der Waals surface area (Å²) in [6.07, 6.45) is 1.49. The smallest absolute Gasteiger partial charge is 0.232 e. The van der Waals surface area contributed by atoms with E-state index in [0.29, 0.717) is 17.1 Å². The van der Waals surface area contributed by atoms with E-state index in [4.69, 9.17) is 14.5 Å². The normalized spacial score (nSPS) is 17.5.